The highest BCUT2D eigenvalue weighted by Crippen LogP contribution is 2.51. The van der Waals surface area contributed by atoms with Crippen LogP contribution < -0.4 is 4.52 Å². The van der Waals surface area contributed by atoms with E-state index in [1.807, 2.05) is 24.3 Å². The molecule has 3 nitrogen and oxygen atoms in total. The minimum atomic E-state index is -2.88. The maximum absolute atomic E-state index is 12.3. The van der Waals surface area contributed by atoms with Gasteiger partial charge in [0.25, 0.3) is 0 Å². The SMILES string of the molecule is CC(C)(C)c1ccc(-c2ccc(O[P+](=O)O)c(-c3ccc(C(C)(C)C)cc3C(C)(C)C)c2-c2ccccc2)c(C(C)(C)C)c1. The van der Waals surface area contributed by atoms with Gasteiger partial charge in [0.15, 0.2) is 5.75 Å². The summed E-state index contributed by atoms with van der Waals surface area (Å²) in [6.07, 6.45) is 0. The van der Waals surface area contributed by atoms with E-state index in [0.29, 0.717) is 5.75 Å². The Hall–Kier alpha value is -3.26. The minimum absolute atomic E-state index is 0.00643. The third kappa shape index (κ3) is 7.17. The summed E-state index contributed by atoms with van der Waals surface area (Å²) in [5.41, 5.74) is 10.7. The van der Waals surface area contributed by atoms with Crippen molar-refractivity contribution in [3.05, 3.63) is 101 Å². The van der Waals surface area contributed by atoms with Gasteiger partial charge in [-0.3, -0.25) is 0 Å². The van der Waals surface area contributed by atoms with Crippen LogP contribution in [0.15, 0.2) is 78.9 Å². The lowest BCUT2D eigenvalue weighted by Crippen LogP contribution is -2.18. The Balaban J connectivity index is 2.24. The molecule has 0 saturated heterocycles. The van der Waals surface area contributed by atoms with Crippen LogP contribution in [0.1, 0.15) is 105 Å². The molecule has 232 valence electrons. The van der Waals surface area contributed by atoms with Crippen molar-refractivity contribution < 1.29 is 14.0 Å². The lowest BCUT2D eigenvalue weighted by Gasteiger charge is -2.30. The Morgan fingerprint density at radius 3 is 1.43 bits per heavy atom. The summed E-state index contributed by atoms with van der Waals surface area (Å²) in [4.78, 5) is 10.0. The fourth-order valence-electron chi connectivity index (χ4n) is 5.86. The highest BCUT2D eigenvalue weighted by Gasteiger charge is 2.31. The molecule has 0 radical (unpaired) electrons. The molecule has 0 heterocycles. The molecule has 0 aliphatic carbocycles. The van der Waals surface area contributed by atoms with Crippen molar-refractivity contribution in [3.63, 3.8) is 0 Å². The molecule has 0 amide bonds. The molecule has 4 rings (SSSR count). The van der Waals surface area contributed by atoms with Crippen LogP contribution in [0.2, 0.25) is 0 Å². The average Bonchev–Trinajstić information content (AvgIpc) is 2.90. The molecule has 0 aliphatic rings. The first-order valence-electron chi connectivity index (χ1n) is 15.6. The molecule has 4 aromatic rings. The average molecular weight is 610 g/mol. The number of hydrogen-bond donors (Lipinski definition) is 1. The van der Waals surface area contributed by atoms with Crippen LogP contribution in [-0.2, 0) is 26.2 Å². The fourth-order valence-corrected chi connectivity index (χ4v) is 6.18. The summed E-state index contributed by atoms with van der Waals surface area (Å²) in [5, 5.41) is 0. The van der Waals surface area contributed by atoms with Crippen LogP contribution in [-0.4, -0.2) is 4.89 Å². The Morgan fingerprint density at radius 2 is 0.977 bits per heavy atom. The predicted octanol–water partition coefficient (Wildman–Crippen LogP) is 11.9. The van der Waals surface area contributed by atoms with E-state index in [9.17, 15) is 9.46 Å². The van der Waals surface area contributed by atoms with Crippen molar-refractivity contribution >= 4 is 8.25 Å². The molecule has 4 aromatic carbocycles. The van der Waals surface area contributed by atoms with Gasteiger partial charge in [0.1, 0.15) is 0 Å². The first-order chi connectivity index (χ1) is 20.2. The second kappa shape index (κ2) is 11.9. The molecule has 0 fully saturated rings. The highest BCUT2D eigenvalue weighted by molar-refractivity contribution is 7.32. The van der Waals surface area contributed by atoms with E-state index in [0.717, 1.165) is 38.9 Å². The van der Waals surface area contributed by atoms with E-state index < -0.39 is 8.25 Å². The van der Waals surface area contributed by atoms with Gasteiger partial charge in [0.05, 0.1) is 0 Å². The van der Waals surface area contributed by atoms with E-state index in [2.05, 4.69) is 138 Å². The summed E-state index contributed by atoms with van der Waals surface area (Å²) in [6, 6.07) is 27.8. The van der Waals surface area contributed by atoms with Gasteiger partial charge >= 0.3 is 8.25 Å². The second-order valence-electron chi connectivity index (χ2n) is 16.1. The highest BCUT2D eigenvalue weighted by atomic mass is 31.1. The van der Waals surface area contributed by atoms with Crippen molar-refractivity contribution in [3.8, 4) is 39.1 Å². The van der Waals surface area contributed by atoms with E-state index >= 15 is 0 Å². The van der Waals surface area contributed by atoms with Crippen LogP contribution in [0, 0.1) is 0 Å². The van der Waals surface area contributed by atoms with Crippen LogP contribution in [0.5, 0.6) is 5.75 Å². The Morgan fingerprint density at radius 1 is 0.523 bits per heavy atom. The third-order valence-corrected chi connectivity index (χ3v) is 8.71. The standard InChI is InChI=1S/C40H49O3P/c1-37(2,3)27-18-20-29(32(24-27)39(7,8)9)30-22-23-34(43-44(41)42)36(35(30)26-16-14-13-15-17-26)31-21-19-28(38(4,5)6)25-33(31)40(10,11)12/h13-25H,1-12H3/p+1. The van der Waals surface area contributed by atoms with Gasteiger partial charge in [-0.25, -0.2) is 4.52 Å². The molecule has 0 saturated carbocycles. The summed E-state index contributed by atoms with van der Waals surface area (Å²) in [5.74, 6) is 0.397. The van der Waals surface area contributed by atoms with Gasteiger partial charge < -0.3 is 0 Å². The molecule has 1 N–H and O–H groups in total. The Bertz CT molecular complexity index is 1670. The lowest BCUT2D eigenvalue weighted by atomic mass is 9.74. The summed E-state index contributed by atoms with van der Waals surface area (Å²) < 4.78 is 18.0. The zero-order valence-electron chi connectivity index (χ0n) is 28.7. The molecule has 0 aliphatic heterocycles. The first-order valence-corrected chi connectivity index (χ1v) is 16.7. The molecule has 44 heavy (non-hydrogen) atoms. The Kier molecular flexibility index (Phi) is 9.11. The molecule has 4 heteroatoms. The van der Waals surface area contributed by atoms with E-state index in [1.165, 1.54) is 16.7 Å². The van der Waals surface area contributed by atoms with Crippen LogP contribution in [0.4, 0.5) is 0 Å². The first kappa shape index (κ1) is 33.6. The summed E-state index contributed by atoms with van der Waals surface area (Å²) in [7, 11) is -2.88. The van der Waals surface area contributed by atoms with Gasteiger partial charge in [-0.05, 0) is 78.3 Å². The molecule has 0 bridgehead atoms. The zero-order valence-corrected chi connectivity index (χ0v) is 29.6. The summed E-state index contributed by atoms with van der Waals surface area (Å²) >= 11 is 0. The molecule has 1 unspecified atom stereocenters. The zero-order chi connectivity index (χ0) is 32.8. The molecular weight excluding hydrogens is 559 g/mol. The monoisotopic (exact) mass is 609 g/mol. The van der Waals surface area contributed by atoms with E-state index in [-0.39, 0.29) is 21.7 Å². The minimum Gasteiger partial charge on any atom is -0.229 e. The molecule has 1 atom stereocenters. The molecular formula is C40H50O3P+. The molecule has 0 aromatic heterocycles. The quantitative estimate of drug-likeness (QED) is 0.229. The van der Waals surface area contributed by atoms with Crippen molar-refractivity contribution in [1.82, 2.24) is 0 Å². The Labute approximate surface area is 266 Å². The third-order valence-electron chi connectivity index (χ3n) is 8.35. The van der Waals surface area contributed by atoms with Gasteiger partial charge in [-0.2, -0.15) is 0 Å². The number of hydrogen-bond acceptors (Lipinski definition) is 2. The summed E-state index contributed by atoms with van der Waals surface area (Å²) in [6.45, 7) is 26.9. The maximum atomic E-state index is 12.3. The van der Waals surface area contributed by atoms with Gasteiger partial charge in [0, 0.05) is 15.7 Å². The lowest BCUT2D eigenvalue weighted by molar-refractivity contribution is 0.411. The van der Waals surface area contributed by atoms with E-state index in [1.54, 1.807) is 0 Å². The second-order valence-corrected chi connectivity index (χ2v) is 16.7. The van der Waals surface area contributed by atoms with Crippen molar-refractivity contribution in [2.24, 2.45) is 0 Å². The van der Waals surface area contributed by atoms with Crippen molar-refractivity contribution in [2.75, 3.05) is 0 Å². The van der Waals surface area contributed by atoms with Crippen LogP contribution >= 0.6 is 8.25 Å². The number of rotatable bonds is 5. The largest absolute Gasteiger partial charge is 0.747 e. The van der Waals surface area contributed by atoms with Gasteiger partial charge in [-0.1, -0.05) is 150 Å². The van der Waals surface area contributed by atoms with Crippen molar-refractivity contribution in [2.45, 2.75) is 105 Å². The normalized spacial score (nSPS) is 13.2. The molecule has 0 spiro atoms. The fraction of sp³-hybridized carbons (Fsp3) is 0.400. The van der Waals surface area contributed by atoms with Crippen LogP contribution in [0.3, 0.4) is 0 Å². The van der Waals surface area contributed by atoms with Crippen LogP contribution in [0.25, 0.3) is 33.4 Å². The maximum Gasteiger partial charge on any atom is 0.747 e. The smallest absolute Gasteiger partial charge is 0.229 e. The van der Waals surface area contributed by atoms with Gasteiger partial charge in [0.2, 0.25) is 0 Å². The van der Waals surface area contributed by atoms with E-state index in [4.69, 9.17) is 4.52 Å². The topological polar surface area (TPSA) is 46.5 Å². The van der Waals surface area contributed by atoms with Gasteiger partial charge in [-0.15, -0.1) is 4.89 Å². The number of benzene rings is 4. The predicted molar refractivity (Wildman–Crippen MR) is 188 cm³/mol. The van der Waals surface area contributed by atoms with Crippen molar-refractivity contribution in [1.29, 1.82) is 0 Å².